The van der Waals surface area contributed by atoms with Crippen LogP contribution < -0.4 is 10.6 Å². The second kappa shape index (κ2) is 9.41. The number of rotatable bonds is 4. The number of hydrogen-bond donors (Lipinski definition) is 2. The molecule has 1 aliphatic heterocycles. The van der Waals surface area contributed by atoms with Crippen LogP contribution in [0, 0.1) is 0 Å². The fourth-order valence-electron chi connectivity index (χ4n) is 2.96. The van der Waals surface area contributed by atoms with E-state index in [1.807, 2.05) is 12.1 Å². The predicted molar refractivity (Wildman–Crippen MR) is 107 cm³/mol. The average Bonchev–Trinajstić information content (AvgIpc) is 3.25. The molecule has 12 heteroatoms. The second-order valence-corrected chi connectivity index (χ2v) is 6.54. The average molecular weight is 455 g/mol. The highest BCUT2D eigenvalue weighted by atomic mass is 35.5. The van der Waals surface area contributed by atoms with Crippen molar-refractivity contribution >= 4 is 24.0 Å². The molecule has 31 heavy (non-hydrogen) atoms. The van der Waals surface area contributed by atoms with E-state index in [2.05, 4.69) is 25.7 Å². The first-order valence-corrected chi connectivity index (χ1v) is 9.09. The van der Waals surface area contributed by atoms with Crippen molar-refractivity contribution in [1.82, 2.24) is 25.1 Å². The van der Waals surface area contributed by atoms with Gasteiger partial charge in [-0.15, -0.1) is 12.4 Å². The minimum absolute atomic E-state index is 0. The number of anilines is 1. The highest BCUT2D eigenvalue weighted by Gasteiger charge is 2.33. The maximum atomic E-state index is 12.8. The molecule has 1 aromatic carbocycles. The quantitative estimate of drug-likeness (QED) is 0.629. The Kier molecular flexibility index (Phi) is 6.88. The van der Waals surface area contributed by atoms with E-state index >= 15 is 0 Å². The summed E-state index contributed by atoms with van der Waals surface area (Å²) >= 11 is 0. The highest BCUT2D eigenvalue weighted by Crippen LogP contribution is 2.27. The van der Waals surface area contributed by atoms with Crippen LogP contribution >= 0.6 is 12.4 Å². The van der Waals surface area contributed by atoms with Crippen LogP contribution in [0.5, 0.6) is 0 Å². The van der Waals surface area contributed by atoms with E-state index in [9.17, 15) is 18.0 Å². The fraction of sp³-hybridized carbons (Fsp3) is 0.263. The van der Waals surface area contributed by atoms with Gasteiger partial charge in [0.1, 0.15) is 12.0 Å². The topological polar surface area (TPSA) is 94.0 Å². The summed E-state index contributed by atoms with van der Waals surface area (Å²) in [5.41, 5.74) is 0.495. The molecule has 3 heterocycles. The summed E-state index contributed by atoms with van der Waals surface area (Å²) in [5.74, 6) is -0.594. The lowest BCUT2D eigenvalue weighted by atomic mass is 10.1. The van der Waals surface area contributed by atoms with E-state index in [-0.39, 0.29) is 30.0 Å². The molecule has 8 nitrogen and oxygen atoms in total. The van der Waals surface area contributed by atoms with Gasteiger partial charge in [0.15, 0.2) is 11.5 Å². The van der Waals surface area contributed by atoms with E-state index in [1.165, 1.54) is 12.3 Å². The number of carbonyl (C=O) groups is 1. The van der Waals surface area contributed by atoms with E-state index < -0.39 is 17.8 Å². The van der Waals surface area contributed by atoms with E-state index in [1.54, 1.807) is 12.1 Å². The molecular formula is C19H18ClF3N6O2. The van der Waals surface area contributed by atoms with Gasteiger partial charge in [0.05, 0.1) is 12.7 Å². The van der Waals surface area contributed by atoms with Gasteiger partial charge in [-0.3, -0.25) is 4.79 Å². The summed E-state index contributed by atoms with van der Waals surface area (Å²) in [5, 5.41) is 9.97. The lowest BCUT2D eigenvalue weighted by Gasteiger charge is -2.24. The van der Waals surface area contributed by atoms with Crippen molar-refractivity contribution in [1.29, 1.82) is 0 Å². The van der Waals surface area contributed by atoms with Crippen LogP contribution in [-0.2, 0) is 10.9 Å². The van der Waals surface area contributed by atoms with Crippen molar-refractivity contribution in [2.45, 2.75) is 12.3 Å². The zero-order chi connectivity index (χ0) is 21.1. The van der Waals surface area contributed by atoms with Crippen molar-refractivity contribution < 1.29 is 22.7 Å². The molecule has 0 aliphatic carbocycles. The summed E-state index contributed by atoms with van der Waals surface area (Å²) < 4.78 is 45.2. The largest absolute Gasteiger partial charge is 0.433 e. The van der Waals surface area contributed by atoms with Crippen molar-refractivity contribution in [3.8, 4) is 5.82 Å². The summed E-state index contributed by atoms with van der Waals surface area (Å²) in [7, 11) is 0. The van der Waals surface area contributed by atoms with Gasteiger partial charge < -0.3 is 15.4 Å². The summed E-state index contributed by atoms with van der Waals surface area (Å²) in [6.07, 6.45) is -2.48. The van der Waals surface area contributed by atoms with Gasteiger partial charge in [-0.1, -0.05) is 12.1 Å². The van der Waals surface area contributed by atoms with Gasteiger partial charge in [-0.25, -0.2) is 14.6 Å². The van der Waals surface area contributed by atoms with Crippen LogP contribution in [0.1, 0.15) is 27.8 Å². The first-order valence-electron chi connectivity index (χ1n) is 9.09. The lowest BCUT2D eigenvalue weighted by molar-refractivity contribution is -0.141. The Hall–Kier alpha value is -3.02. The molecular weight excluding hydrogens is 437 g/mol. The number of morpholine rings is 1. The van der Waals surface area contributed by atoms with Gasteiger partial charge in [-0.2, -0.15) is 18.3 Å². The van der Waals surface area contributed by atoms with Gasteiger partial charge >= 0.3 is 6.18 Å². The van der Waals surface area contributed by atoms with Crippen LogP contribution in [0.15, 0.2) is 48.9 Å². The number of alkyl halides is 3. The number of nitrogens with one attached hydrogen (secondary N) is 2. The number of carbonyl (C=O) groups excluding carboxylic acids is 1. The highest BCUT2D eigenvalue weighted by molar-refractivity contribution is 6.02. The van der Waals surface area contributed by atoms with Gasteiger partial charge in [-0.05, 0) is 23.8 Å². The molecule has 4 rings (SSSR count). The first kappa shape index (κ1) is 22.7. The molecule has 0 spiro atoms. The lowest BCUT2D eigenvalue weighted by Crippen LogP contribution is -2.33. The van der Waals surface area contributed by atoms with Gasteiger partial charge in [0.25, 0.3) is 5.91 Å². The Morgan fingerprint density at radius 1 is 1.19 bits per heavy atom. The molecule has 1 unspecified atom stereocenters. The molecule has 1 fully saturated rings. The molecule has 3 aromatic rings. The normalized spacial score (nSPS) is 16.4. The number of benzene rings is 1. The van der Waals surface area contributed by atoms with E-state index in [0.29, 0.717) is 12.3 Å². The van der Waals surface area contributed by atoms with Gasteiger partial charge in [0.2, 0.25) is 0 Å². The molecule has 1 saturated heterocycles. The second-order valence-electron chi connectivity index (χ2n) is 6.54. The molecule has 2 N–H and O–H groups in total. The maximum Gasteiger partial charge on any atom is 0.433 e. The number of amides is 1. The molecule has 1 amide bonds. The van der Waals surface area contributed by atoms with E-state index in [0.717, 1.165) is 35.7 Å². The minimum Gasteiger partial charge on any atom is -0.371 e. The third-order valence-corrected chi connectivity index (χ3v) is 4.47. The Bertz CT molecular complexity index is 1040. The first-order chi connectivity index (χ1) is 14.4. The molecule has 1 aliphatic rings. The third kappa shape index (κ3) is 5.37. The predicted octanol–water partition coefficient (Wildman–Crippen LogP) is 3.02. The number of aromatic nitrogens is 4. The smallest absolute Gasteiger partial charge is 0.371 e. The number of hydrogen-bond acceptors (Lipinski definition) is 6. The molecule has 0 saturated carbocycles. The number of ether oxygens (including phenoxy) is 1. The zero-order valence-electron chi connectivity index (χ0n) is 16.0. The number of nitrogens with zero attached hydrogens (tertiary/aromatic N) is 4. The Morgan fingerprint density at radius 3 is 2.65 bits per heavy atom. The zero-order valence-corrected chi connectivity index (χ0v) is 16.8. The number of halogens is 4. The SMILES string of the molecule is Cl.O=C(Nc1ccc(C2CNCCO2)cc1)c1ccn(-c2cc(C(F)(F)F)ncn2)n1. The molecule has 0 bridgehead atoms. The van der Waals surface area contributed by atoms with E-state index in [4.69, 9.17) is 4.74 Å². The van der Waals surface area contributed by atoms with Crippen molar-refractivity contribution in [3.05, 3.63) is 65.9 Å². The molecule has 2 aromatic heterocycles. The molecule has 164 valence electrons. The summed E-state index contributed by atoms with van der Waals surface area (Å²) in [4.78, 5) is 19.4. The van der Waals surface area contributed by atoms with Crippen LogP contribution in [0.25, 0.3) is 5.82 Å². The van der Waals surface area contributed by atoms with Crippen LogP contribution in [0.4, 0.5) is 18.9 Å². The summed E-state index contributed by atoms with van der Waals surface area (Å²) in [6.45, 7) is 2.19. The standard InChI is InChI=1S/C19H17F3N6O2.ClH/c20-19(21,22)16-9-17(25-11-24-16)28-7-5-14(27-28)18(29)26-13-3-1-12(2-4-13)15-10-23-6-8-30-15;/h1-5,7,9,11,15,23H,6,8,10H2,(H,26,29);1H. The monoisotopic (exact) mass is 454 g/mol. The fourth-order valence-corrected chi connectivity index (χ4v) is 2.96. The third-order valence-electron chi connectivity index (χ3n) is 4.47. The van der Waals surface area contributed by atoms with Crippen molar-refractivity contribution in [2.24, 2.45) is 0 Å². The van der Waals surface area contributed by atoms with Crippen LogP contribution in [-0.4, -0.2) is 45.4 Å². The Labute approximate surface area is 181 Å². The Morgan fingerprint density at radius 2 is 1.97 bits per heavy atom. The van der Waals surface area contributed by atoms with Crippen LogP contribution in [0.2, 0.25) is 0 Å². The minimum atomic E-state index is -4.60. The Balaban J connectivity index is 0.00000272. The summed E-state index contributed by atoms with van der Waals surface area (Å²) in [6, 6.07) is 9.39. The van der Waals surface area contributed by atoms with Crippen molar-refractivity contribution in [3.63, 3.8) is 0 Å². The van der Waals surface area contributed by atoms with Crippen LogP contribution in [0.3, 0.4) is 0 Å². The molecule has 0 radical (unpaired) electrons. The van der Waals surface area contributed by atoms with Gasteiger partial charge in [0, 0.05) is 31.0 Å². The molecule has 1 atom stereocenters. The maximum absolute atomic E-state index is 12.8. The van der Waals surface area contributed by atoms with Crippen molar-refractivity contribution in [2.75, 3.05) is 25.0 Å².